The maximum atomic E-state index is 14.4. The van der Waals surface area contributed by atoms with Gasteiger partial charge in [-0.2, -0.15) is 0 Å². The molecular formula is C15H20FN3O2. The van der Waals surface area contributed by atoms with E-state index in [0.29, 0.717) is 6.42 Å². The highest BCUT2D eigenvalue weighted by atomic mass is 19.1. The number of rotatable bonds is 4. The SMILES string of the molecule is CCC1C(=O)NC(=O)CN1c1ccc(C(C)NC)cc1F. The molecule has 1 aliphatic heterocycles. The lowest BCUT2D eigenvalue weighted by Crippen LogP contribution is -2.58. The van der Waals surface area contributed by atoms with Crippen molar-refractivity contribution < 1.29 is 14.0 Å². The number of hydrogen-bond donors (Lipinski definition) is 2. The minimum absolute atomic E-state index is 0.0118. The molecule has 0 aliphatic carbocycles. The van der Waals surface area contributed by atoms with E-state index < -0.39 is 17.8 Å². The summed E-state index contributed by atoms with van der Waals surface area (Å²) < 4.78 is 14.4. The molecule has 2 unspecified atom stereocenters. The normalized spacial score (nSPS) is 20.4. The van der Waals surface area contributed by atoms with Crippen molar-refractivity contribution in [3.05, 3.63) is 29.6 Å². The van der Waals surface area contributed by atoms with Crippen LogP contribution in [0.15, 0.2) is 18.2 Å². The third-order valence-corrected chi connectivity index (χ3v) is 3.86. The van der Waals surface area contributed by atoms with Gasteiger partial charge in [0.25, 0.3) is 0 Å². The van der Waals surface area contributed by atoms with E-state index in [4.69, 9.17) is 0 Å². The molecule has 0 spiro atoms. The van der Waals surface area contributed by atoms with E-state index >= 15 is 0 Å². The highest BCUT2D eigenvalue weighted by Gasteiger charge is 2.33. The van der Waals surface area contributed by atoms with Crippen molar-refractivity contribution >= 4 is 17.5 Å². The van der Waals surface area contributed by atoms with Gasteiger partial charge >= 0.3 is 0 Å². The topological polar surface area (TPSA) is 61.4 Å². The minimum atomic E-state index is -0.523. The van der Waals surface area contributed by atoms with Crippen molar-refractivity contribution in [2.24, 2.45) is 0 Å². The minimum Gasteiger partial charge on any atom is -0.348 e. The second-order valence-electron chi connectivity index (χ2n) is 5.19. The summed E-state index contributed by atoms with van der Waals surface area (Å²) in [6.07, 6.45) is 0.507. The molecule has 114 valence electrons. The fourth-order valence-corrected chi connectivity index (χ4v) is 2.52. The lowest BCUT2D eigenvalue weighted by atomic mass is 10.0. The number of carbonyl (C=O) groups excluding carboxylic acids is 2. The molecule has 2 amide bonds. The molecule has 2 rings (SSSR count). The van der Waals surface area contributed by atoms with Crippen molar-refractivity contribution in [3.63, 3.8) is 0 Å². The van der Waals surface area contributed by atoms with Gasteiger partial charge in [-0.25, -0.2) is 4.39 Å². The first kappa shape index (κ1) is 15.4. The van der Waals surface area contributed by atoms with E-state index in [1.54, 1.807) is 13.1 Å². The fraction of sp³-hybridized carbons (Fsp3) is 0.467. The van der Waals surface area contributed by atoms with Gasteiger partial charge < -0.3 is 10.2 Å². The summed E-state index contributed by atoms with van der Waals surface area (Å²) in [4.78, 5) is 24.9. The summed E-state index contributed by atoms with van der Waals surface area (Å²) >= 11 is 0. The fourth-order valence-electron chi connectivity index (χ4n) is 2.52. The van der Waals surface area contributed by atoms with Gasteiger partial charge in [-0.3, -0.25) is 14.9 Å². The van der Waals surface area contributed by atoms with E-state index in [-0.39, 0.29) is 24.2 Å². The number of hydrogen-bond acceptors (Lipinski definition) is 4. The quantitative estimate of drug-likeness (QED) is 0.823. The molecule has 2 atom stereocenters. The average molecular weight is 293 g/mol. The van der Waals surface area contributed by atoms with Crippen molar-refractivity contribution in [1.29, 1.82) is 0 Å². The number of benzene rings is 1. The summed E-state index contributed by atoms with van der Waals surface area (Å²) in [5.41, 5.74) is 1.11. The van der Waals surface area contributed by atoms with Gasteiger partial charge in [0, 0.05) is 6.04 Å². The van der Waals surface area contributed by atoms with Crippen molar-refractivity contribution in [2.75, 3.05) is 18.5 Å². The molecule has 6 heteroatoms. The summed E-state index contributed by atoms with van der Waals surface area (Å²) in [5.74, 6) is -1.20. The Morgan fingerprint density at radius 3 is 2.76 bits per heavy atom. The zero-order valence-corrected chi connectivity index (χ0v) is 12.4. The van der Waals surface area contributed by atoms with Crippen LogP contribution in [0.4, 0.5) is 10.1 Å². The van der Waals surface area contributed by atoms with Gasteiger partial charge in [0.1, 0.15) is 11.9 Å². The van der Waals surface area contributed by atoms with Crippen LogP contribution in [0.2, 0.25) is 0 Å². The predicted octanol–water partition coefficient (Wildman–Crippen LogP) is 1.35. The molecule has 1 aromatic carbocycles. The Hall–Kier alpha value is -1.95. The maximum Gasteiger partial charge on any atom is 0.249 e. The van der Waals surface area contributed by atoms with Gasteiger partial charge in [0.2, 0.25) is 11.8 Å². The van der Waals surface area contributed by atoms with Crippen LogP contribution in [-0.2, 0) is 9.59 Å². The molecular weight excluding hydrogens is 273 g/mol. The van der Waals surface area contributed by atoms with E-state index in [1.165, 1.54) is 11.0 Å². The van der Waals surface area contributed by atoms with Gasteiger partial charge in [-0.15, -0.1) is 0 Å². The Morgan fingerprint density at radius 1 is 1.48 bits per heavy atom. The Kier molecular flexibility index (Phi) is 4.57. The number of nitrogens with one attached hydrogen (secondary N) is 2. The van der Waals surface area contributed by atoms with E-state index in [1.807, 2.05) is 19.9 Å². The lowest BCUT2D eigenvalue weighted by Gasteiger charge is -2.35. The molecule has 1 saturated heterocycles. The average Bonchev–Trinajstić information content (AvgIpc) is 2.45. The first-order valence-electron chi connectivity index (χ1n) is 7.05. The first-order valence-corrected chi connectivity index (χ1v) is 7.05. The van der Waals surface area contributed by atoms with E-state index in [9.17, 15) is 14.0 Å². The first-order chi connectivity index (χ1) is 9.97. The number of imide groups is 1. The third kappa shape index (κ3) is 3.05. The Balaban J connectivity index is 2.35. The van der Waals surface area contributed by atoms with Crippen LogP contribution in [0.5, 0.6) is 0 Å². The highest BCUT2D eigenvalue weighted by Crippen LogP contribution is 2.26. The molecule has 0 radical (unpaired) electrons. The number of piperazine rings is 1. The summed E-state index contributed by atoms with van der Waals surface area (Å²) in [6.45, 7) is 3.76. The summed E-state index contributed by atoms with van der Waals surface area (Å²) in [6, 6.07) is 4.39. The zero-order valence-electron chi connectivity index (χ0n) is 12.4. The smallest absolute Gasteiger partial charge is 0.249 e. The molecule has 1 heterocycles. The Bertz CT molecular complexity index is 562. The van der Waals surface area contributed by atoms with Gasteiger partial charge in [-0.05, 0) is 38.1 Å². The number of halogens is 1. The summed E-state index contributed by atoms with van der Waals surface area (Å²) in [7, 11) is 1.80. The molecule has 1 aromatic rings. The van der Waals surface area contributed by atoms with Crippen LogP contribution < -0.4 is 15.5 Å². The molecule has 21 heavy (non-hydrogen) atoms. The molecule has 5 nitrogen and oxygen atoms in total. The van der Waals surface area contributed by atoms with Gasteiger partial charge in [0.05, 0.1) is 12.2 Å². The van der Waals surface area contributed by atoms with Crippen molar-refractivity contribution in [1.82, 2.24) is 10.6 Å². The predicted molar refractivity (Wildman–Crippen MR) is 78.4 cm³/mol. The van der Waals surface area contributed by atoms with Gasteiger partial charge in [0.15, 0.2) is 0 Å². The van der Waals surface area contributed by atoms with Gasteiger partial charge in [-0.1, -0.05) is 13.0 Å². The second-order valence-corrected chi connectivity index (χ2v) is 5.19. The highest BCUT2D eigenvalue weighted by molar-refractivity contribution is 6.04. The Labute approximate surface area is 123 Å². The second kappa shape index (κ2) is 6.22. The number of amides is 2. The van der Waals surface area contributed by atoms with Crippen LogP contribution >= 0.6 is 0 Å². The van der Waals surface area contributed by atoms with E-state index in [2.05, 4.69) is 10.6 Å². The van der Waals surface area contributed by atoms with Crippen LogP contribution in [0, 0.1) is 5.82 Å². The Morgan fingerprint density at radius 2 is 2.19 bits per heavy atom. The molecule has 0 aromatic heterocycles. The molecule has 2 N–H and O–H groups in total. The molecule has 0 saturated carbocycles. The standard InChI is InChI=1S/C15H20FN3O2/c1-4-12-15(21)18-14(20)8-19(12)13-6-5-10(7-11(13)16)9(2)17-3/h5-7,9,12,17H,4,8H2,1-3H3,(H,18,20,21). The van der Waals surface area contributed by atoms with E-state index in [0.717, 1.165) is 5.56 Å². The monoisotopic (exact) mass is 293 g/mol. The van der Waals surface area contributed by atoms with Crippen molar-refractivity contribution in [3.8, 4) is 0 Å². The maximum absolute atomic E-state index is 14.4. The largest absolute Gasteiger partial charge is 0.348 e. The van der Waals surface area contributed by atoms with Crippen molar-refractivity contribution in [2.45, 2.75) is 32.4 Å². The molecule has 0 bridgehead atoms. The van der Waals surface area contributed by atoms with Crippen LogP contribution in [-0.4, -0.2) is 31.4 Å². The number of nitrogens with zero attached hydrogens (tertiary/aromatic N) is 1. The third-order valence-electron chi connectivity index (χ3n) is 3.86. The van der Waals surface area contributed by atoms with Crippen LogP contribution in [0.1, 0.15) is 31.9 Å². The lowest BCUT2D eigenvalue weighted by molar-refractivity contribution is -0.132. The van der Waals surface area contributed by atoms with Crippen LogP contribution in [0.25, 0.3) is 0 Å². The van der Waals surface area contributed by atoms with Crippen LogP contribution in [0.3, 0.4) is 0 Å². The molecule has 1 fully saturated rings. The number of carbonyl (C=O) groups is 2. The zero-order chi connectivity index (χ0) is 15.6. The number of anilines is 1. The summed E-state index contributed by atoms with van der Waals surface area (Å²) in [5, 5.41) is 5.33. The molecule has 1 aliphatic rings.